The summed E-state index contributed by atoms with van der Waals surface area (Å²) >= 11 is 0. The van der Waals surface area contributed by atoms with Crippen molar-refractivity contribution in [2.75, 3.05) is 0 Å². The highest BCUT2D eigenvalue weighted by Gasteiger charge is 2.31. The summed E-state index contributed by atoms with van der Waals surface area (Å²) < 4.78 is 35.1. The van der Waals surface area contributed by atoms with Crippen LogP contribution in [0.4, 0.5) is 8.78 Å². The predicted molar refractivity (Wildman–Crippen MR) is 124 cm³/mol. The SMILES string of the molecule is CCCC1CCC(C2CCC(CCc3cc4c(c(F)c3F)OC(CC)CC4)CC2)CC1. The van der Waals surface area contributed by atoms with Crippen LogP contribution in [0.5, 0.6) is 5.75 Å². The molecular weight excluding hydrogens is 390 g/mol. The molecule has 0 amide bonds. The zero-order valence-electron chi connectivity index (χ0n) is 19.7. The van der Waals surface area contributed by atoms with Crippen LogP contribution in [0.3, 0.4) is 0 Å². The fourth-order valence-corrected chi connectivity index (χ4v) is 6.71. The molecule has 174 valence electrons. The number of aryl methyl sites for hydroxylation is 2. The van der Waals surface area contributed by atoms with Gasteiger partial charge in [0.25, 0.3) is 0 Å². The Hall–Kier alpha value is -1.12. The van der Waals surface area contributed by atoms with Gasteiger partial charge in [-0.15, -0.1) is 0 Å². The van der Waals surface area contributed by atoms with Crippen molar-refractivity contribution < 1.29 is 13.5 Å². The molecule has 1 atom stereocenters. The van der Waals surface area contributed by atoms with E-state index >= 15 is 0 Å². The number of rotatable bonds is 7. The van der Waals surface area contributed by atoms with Crippen LogP contribution in [0.25, 0.3) is 0 Å². The quantitative estimate of drug-likeness (QED) is 0.420. The number of benzene rings is 1. The van der Waals surface area contributed by atoms with E-state index in [1.165, 1.54) is 64.2 Å². The molecule has 1 nitrogen and oxygen atoms in total. The minimum absolute atomic E-state index is 0.0177. The molecule has 1 aliphatic heterocycles. The van der Waals surface area contributed by atoms with Crippen molar-refractivity contribution in [3.63, 3.8) is 0 Å². The molecule has 0 bridgehead atoms. The van der Waals surface area contributed by atoms with E-state index in [4.69, 9.17) is 4.74 Å². The van der Waals surface area contributed by atoms with Gasteiger partial charge < -0.3 is 4.74 Å². The minimum Gasteiger partial charge on any atom is -0.487 e. The number of fused-ring (bicyclic) bond motifs is 1. The summed E-state index contributed by atoms with van der Waals surface area (Å²) in [4.78, 5) is 0. The second-order valence-electron chi connectivity index (χ2n) is 10.7. The summed E-state index contributed by atoms with van der Waals surface area (Å²) in [6, 6.07) is 1.89. The van der Waals surface area contributed by atoms with Crippen LogP contribution in [0, 0.1) is 35.3 Å². The molecule has 1 unspecified atom stereocenters. The number of halogens is 2. The van der Waals surface area contributed by atoms with E-state index in [1.54, 1.807) is 0 Å². The summed E-state index contributed by atoms with van der Waals surface area (Å²) in [6.07, 6.45) is 18.0. The molecule has 0 saturated heterocycles. The van der Waals surface area contributed by atoms with Gasteiger partial charge >= 0.3 is 0 Å². The molecule has 0 aromatic heterocycles. The van der Waals surface area contributed by atoms with Gasteiger partial charge in [0.15, 0.2) is 11.6 Å². The Morgan fingerprint density at radius 3 is 2.00 bits per heavy atom. The average Bonchev–Trinajstić information content (AvgIpc) is 2.81. The smallest absolute Gasteiger partial charge is 0.201 e. The molecular formula is C28H42F2O. The Balaban J connectivity index is 1.26. The first-order valence-electron chi connectivity index (χ1n) is 13.2. The van der Waals surface area contributed by atoms with Crippen molar-refractivity contribution >= 4 is 0 Å². The first-order chi connectivity index (χ1) is 15.1. The van der Waals surface area contributed by atoms with Gasteiger partial charge in [-0.3, -0.25) is 0 Å². The molecule has 3 heteroatoms. The summed E-state index contributed by atoms with van der Waals surface area (Å²) in [5.41, 5.74) is 1.42. The lowest BCUT2D eigenvalue weighted by Crippen LogP contribution is -2.26. The number of ether oxygens (including phenoxy) is 1. The topological polar surface area (TPSA) is 9.23 Å². The second kappa shape index (κ2) is 10.7. The van der Waals surface area contributed by atoms with Gasteiger partial charge in [-0.25, -0.2) is 4.39 Å². The van der Waals surface area contributed by atoms with Crippen LogP contribution in [0.15, 0.2) is 6.07 Å². The van der Waals surface area contributed by atoms with Gasteiger partial charge in [-0.05, 0) is 98.7 Å². The minimum atomic E-state index is -0.756. The van der Waals surface area contributed by atoms with E-state index < -0.39 is 11.6 Å². The van der Waals surface area contributed by atoms with Crippen LogP contribution in [0.2, 0.25) is 0 Å². The van der Waals surface area contributed by atoms with Crippen molar-refractivity contribution in [1.82, 2.24) is 0 Å². The molecule has 3 aliphatic rings. The maximum Gasteiger partial charge on any atom is 0.201 e. The van der Waals surface area contributed by atoms with E-state index in [0.717, 1.165) is 49.0 Å². The molecule has 2 fully saturated rings. The zero-order valence-corrected chi connectivity index (χ0v) is 19.7. The average molecular weight is 433 g/mol. The Kier molecular flexibility index (Phi) is 7.93. The zero-order chi connectivity index (χ0) is 21.8. The monoisotopic (exact) mass is 432 g/mol. The summed E-state index contributed by atoms with van der Waals surface area (Å²) in [6.45, 7) is 4.34. The third-order valence-corrected chi connectivity index (χ3v) is 8.76. The number of hydrogen-bond donors (Lipinski definition) is 0. The van der Waals surface area contributed by atoms with Crippen LogP contribution < -0.4 is 4.74 Å². The van der Waals surface area contributed by atoms with E-state index in [9.17, 15) is 8.78 Å². The highest BCUT2D eigenvalue weighted by molar-refractivity contribution is 5.41. The molecule has 0 spiro atoms. The van der Waals surface area contributed by atoms with Crippen LogP contribution in [-0.4, -0.2) is 6.10 Å². The Bertz CT molecular complexity index is 714. The molecule has 4 rings (SSSR count). The Labute approximate surface area is 188 Å². The molecule has 1 heterocycles. The van der Waals surface area contributed by atoms with Crippen LogP contribution >= 0.6 is 0 Å². The predicted octanol–water partition coefficient (Wildman–Crippen LogP) is 8.41. The van der Waals surface area contributed by atoms with Gasteiger partial charge in [-0.2, -0.15) is 4.39 Å². The molecule has 31 heavy (non-hydrogen) atoms. The summed E-state index contributed by atoms with van der Waals surface area (Å²) in [5.74, 6) is 2.28. The van der Waals surface area contributed by atoms with E-state index in [1.807, 2.05) is 13.0 Å². The van der Waals surface area contributed by atoms with Crippen molar-refractivity contribution in [1.29, 1.82) is 0 Å². The largest absolute Gasteiger partial charge is 0.487 e. The first-order valence-corrected chi connectivity index (χ1v) is 13.2. The van der Waals surface area contributed by atoms with Crippen molar-refractivity contribution in [2.24, 2.45) is 23.7 Å². The Morgan fingerprint density at radius 2 is 1.42 bits per heavy atom. The van der Waals surface area contributed by atoms with Crippen molar-refractivity contribution in [2.45, 2.75) is 116 Å². The van der Waals surface area contributed by atoms with E-state index in [0.29, 0.717) is 17.9 Å². The normalized spacial score (nSPS) is 31.2. The lowest BCUT2D eigenvalue weighted by molar-refractivity contribution is 0.141. The fraction of sp³-hybridized carbons (Fsp3) is 0.786. The standard InChI is InChI=1S/C28H42F2O/c1-3-5-19-6-11-21(12-7-19)22-13-8-20(9-14-22)10-15-23-18-24-16-17-25(4-2)31-28(24)27(30)26(23)29/h18-22,25H,3-17H2,1-2H3. The summed E-state index contributed by atoms with van der Waals surface area (Å²) in [5, 5.41) is 0. The van der Waals surface area contributed by atoms with Gasteiger partial charge in [-0.1, -0.05) is 52.4 Å². The van der Waals surface area contributed by atoms with Gasteiger partial charge in [0.2, 0.25) is 5.82 Å². The van der Waals surface area contributed by atoms with E-state index in [-0.39, 0.29) is 11.9 Å². The molecule has 0 N–H and O–H groups in total. The molecule has 2 saturated carbocycles. The van der Waals surface area contributed by atoms with Crippen molar-refractivity contribution in [3.05, 3.63) is 28.8 Å². The maximum atomic E-state index is 14.7. The van der Waals surface area contributed by atoms with E-state index in [2.05, 4.69) is 6.92 Å². The van der Waals surface area contributed by atoms with Gasteiger partial charge in [0, 0.05) is 0 Å². The lowest BCUT2D eigenvalue weighted by atomic mass is 9.68. The number of hydrogen-bond acceptors (Lipinski definition) is 1. The molecule has 1 aromatic carbocycles. The Morgan fingerprint density at radius 1 is 0.806 bits per heavy atom. The van der Waals surface area contributed by atoms with Crippen molar-refractivity contribution in [3.8, 4) is 5.75 Å². The van der Waals surface area contributed by atoms with Crippen LogP contribution in [-0.2, 0) is 12.8 Å². The first kappa shape index (κ1) is 23.1. The van der Waals surface area contributed by atoms with Gasteiger partial charge in [0.05, 0.1) is 6.10 Å². The van der Waals surface area contributed by atoms with Gasteiger partial charge in [0.1, 0.15) is 0 Å². The maximum absolute atomic E-state index is 14.7. The second-order valence-corrected chi connectivity index (χ2v) is 10.7. The summed E-state index contributed by atoms with van der Waals surface area (Å²) in [7, 11) is 0. The molecule has 2 aliphatic carbocycles. The third-order valence-electron chi connectivity index (χ3n) is 8.76. The molecule has 0 radical (unpaired) electrons. The lowest BCUT2D eigenvalue weighted by Gasteiger charge is -2.38. The third kappa shape index (κ3) is 5.45. The fourth-order valence-electron chi connectivity index (χ4n) is 6.71. The van der Waals surface area contributed by atoms with Crippen LogP contribution in [0.1, 0.15) is 108 Å². The molecule has 1 aromatic rings. The highest BCUT2D eigenvalue weighted by atomic mass is 19.2. The highest BCUT2D eigenvalue weighted by Crippen LogP contribution is 2.43.